The average molecular weight is 523 g/mol. The number of carbonyl (C=O) groups is 3. The number of carbonyl (C=O) groups excluding carboxylic acids is 3. The molecule has 4 rings (SSSR count). The normalized spacial score (nSPS) is 19.5. The van der Waals surface area contributed by atoms with Crippen molar-refractivity contribution in [3.63, 3.8) is 0 Å². The lowest BCUT2D eigenvalue weighted by atomic mass is 9.98. The molecule has 2 heterocycles. The molecule has 2 amide bonds. The fourth-order valence-electron chi connectivity index (χ4n) is 3.88. The highest BCUT2D eigenvalue weighted by Gasteiger charge is 2.55. The molecule has 0 aliphatic carbocycles. The Morgan fingerprint density at radius 1 is 1.11 bits per heavy atom. The van der Waals surface area contributed by atoms with E-state index in [0.29, 0.717) is 5.57 Å². The molecule has 184 valence electrons. The maximum Gasteiger partial charge on any atom is 0.356 e. The molecule has 1 fully saturated rings. The molecule has 0 aromatic heterocycles. The number of benzene rings is 2. The van der Waals surface area contributed by atoms with Crippen molar-refractivity contribution in [3.8, 4) is 0 Å². The molecule has 1 N–H and O–H groups in total. The summed E-state index contributed by atoms with van der Waals surface area (Å²) in [6, 6.07) is 17.2. The molecule has 2 atom stereocenters. The SMILES string of the molecule is O=C(CSC(F)F)N[C@H]1C(=O)N2C(C(=O)OC(c3ccccc3)c3ccccc3)=C(CCl)CO[C@H]12. The molecular formula is C24H21ClF2N2O5S. The number of nitrogens with one attached hydrogen (secondary N) is 1. The van der Waals surface area contributed by atoms with Gasteiger partial charge >= 0.3 is 5.97 Å². The van der Waals surface area contributed by atoms with Crippen molar-refractivity contribution in [2.45, 2.75) is 24.1 Å². The maximum atomic E-state index is 13.4. The second-order valence-electron chi connectivity index (χ2n) is 7.72. The molecular weight excluding hydrogens is 502 g/mol. The average Bonchev–Trinajstić information content (AvgIpc) is 2.89. The molecule has 0 radical (unpaired) electrons. The summed E-state index contributed by atoms with van der Waals surface area (Å²) in [6.45, 7) is -0.0537. The van der Waals surface area contributed by atoms with Crippen molar-refractivity contribution in [1.29, 1.82) is 0 Å². The van der Waals surface area contributed by atoms with Crippen LogP contribution < -0.4 is 5.32 Å². The third-order valence-electron chi connectivity index (χ3n) is 5.49. The smallest absolute Gasteiger partial charge is 0.356 e. The van der Waals surface area contributed by atoms with Crippen LogP contribution in [-0.4, -0.2) is 59.0 Å². The number of fused-ring (bicyclic) bond motifs is 1. The van der Waals surface area contributed by atoms with Gasteiger partial charge in [-0.1, -0.05) is 72.4 Å². The highest BCUT2D eigenvalue weighted by molar-refractivity contribution is 8.00. The van der Waals surface area contributed by atoms with Crippen molar-refractivity contribution in [1.82, 2.24) is 10.2 Å². The summed E-state index contributed by atoms with van der Waals surface area (Å²) >= 11 is 6.19. The van der Waals surface area contributed by atoms with Gasteiger partial charge in [-0.3, -0.25) is 14.5 Å². The Morgan fingerprint density at radius 2 is 1.71 bits per heavy atom. The van der Waals surface area contributed by atoms with Crippen molar-refractivity contribution in [2.75, 3.05) is 18.2 Å². The number of rotatable bonds is 9. The van der Waals surface area contributed by atoms with E-state index in [4.69, 9.17) is 21.1 Å². The molecule has 2 aliphatic heterocycles. The zero-order valence-electron chi connectivity index (χ0n) is 18.2. The van der Waals surface area contributed by atoms with Crippen LogP contribution in [0.5, 0.6) is 0 Å². The van der Waals surface area contributed by atoms with Crippen LogP contribution in [0.15, 0.2) is 71.9 Å². The van der Waals surface area contributed by atoms with Crippen LogP contribution in [-0.2, 0) is 23.9 Å². The number of esters is 1. The Kier molecular flexibility index (Phi) is 8.04. The summed E-state index contributed by atoms with van der Waals surface area (Å²) in [5.74, 6) is -5.42. The Morgan fingerprint density at radius 3 is 2.26 bits per heavy atom. The minimum absolute atomic E-state index is 0.0365. The Balaban J connectivity index is 1.55. The van der Waals surface area contributed by atoms with E-state index in [0.717, 1.165) is 16.0 Å². The van der Waals surface area contributed by atoms with E-state index in [1.54, 1.807) is 0 Å². The molecule has 0 bridgehead atoms. The molecule has 2 aromatic carbocycles. The molecule has 35 heavy (non-hydrogen) atoms. The van der Waals surface area contributed by atoms with Crippen LogP contribution in [0.25, 0.3) is 0 Å². The van der Waals surface area contributed by atoms with Crippen LogP contribution in [0.4, 0.5) is 8.78 Å². The first-order valence-electron chi connectivity index (χ1n) is 10.6. The first-order valence-corrected chi connectivity index (χ1v) is 12.2. The molecule has 0 spiro atoms. The van der Waals surface area contributed by atoms with E-state index in [9.17, 15) is 23.2 Å². The van der Waals surface area contributed by atoms with Crippen LogP contribution in [0.1, 0.15) is 17.2 Å². The number of halogens is 3. The van der Waals surface area contributed by atoms with Crippen LogP contribution in [0.2, 0.25) is 0 Å². The van der Waals surface area contributed by atoms with Gasteiger partial charge in [0.1, 0.15) is 5.70 Å². The van der Waals surface area contributed by atoms with Gasteiger partial charge in [-0.2, -0.15) is 8.78 Å². The van der Waals surface area contributed by atoms with E-state index in [-0.39, 0.29) is 29.9 Å². The lowest BCUT2D eigenvalue weighted by molar-refractivity contribution is -0.186. The lowest BCUT2D eigenvalue weighted by Gasteiger charge is -2.49. The number of alkyl halides is 3. The van der Waals surface area contributed by atoms with Gasteiger partial charge in [-0.05, 0) is 11.1 Å². The number of β-lactam (4-membered cyclic amide) rings is 1. The highest BCUT2D eigenvalue weighted by Crippen LogP contribution is 2.36. The van der Waals surface area contributed by atoms with Gasteiger partial charge in [0.25, 0.3) is 11.7 Å². The maximum absolute atomic E-state index is 13.4. The molecule has 2 aromatic rings. The number of ether oxygens (including phenoxy) is 2. The summed E-state index contributed by atoms with van der Waals surface area (Å²) in [4.78, 5) is 39.3. The fraction of sp³-hybridized carbons (Fsp3) is 0.292. The van der Waals surface area contributed by atoms with E-state index in [1.165, 1.54) is 0 Å². The van der Waals surface area contributed by atoms with Crippen LogP contribution >= 0.6 is 23.4 Å². The number of hydrogen-bond acceptors (Lipinski definition) is 6. The number of nitrogens with zero attached hydrogens (tertiary/aromatic N) is 1. The molecule has 1 saturated heterocycles. The summed E-state index contributed by atoms with van der Waals surface area (Å²) < 4.78 is 36.2. The van der Waals surface area contributed by atoms with Crippen molar-refractivity contribution in [2.24, 2.45) is 0 Å². The van der Waals surface area contributed by atoms with Gasteiger partial charge in [0.05, 0.1) is 12.4 Å². The first kappa shape index (κ1) is 25.2. The summed E-state index contributed by atoms with van der Waals surface area (Å²) in [5.41, 5.74) is 1.80. The van der Waals surface area contributed by atoms with Gasteiger partial charge in [0.15, 0.2) is 18.4 Å². The number of hydrogen-bond donors (Lipinski definition) is 1. The molecule has 0 saturated carbocycles. The van der Waals surface area contributed by atoms with Crippen molar-refractivity contribution >= 4 is 41.1 Å². The third-order valence-corrected chi connectivity index (χ3v) is 6.49. The van der Waals surface area contributed by atoms with Gasteiger partial charge in [-0.25, -0.2) is 4.79 Å². The fourth-order valence-corrected chi connectivity index (χ4v) is 4.44. The van der Waals surface area contributed by atoms with Crippen LogP contribution in [0, 0.1) is 0 Å². The minimum Gasteiger partial charge on any atom is -0.448 e. The molecule has 11 heteroatoms. The highest BCUT2D eigenvalue weighted by atomic mass is 35.5. The second-order valence-corrected chi connectivity index (χ2v) is 8.96. The first-order chi connectivity index (χ1) is 16.9. The molecule has 7 nitrogen and oxygen atoms in total. The Labute approximate surface area is 209 Å². The summed E-state index contributed by atoms with van der Waals surface area (Å²) in [6.07, 6.45) is -1.71. The summed E-state index contributed by atoms with van der Waals surface area (Å²) in [7, 11) is 0. The number of amides is 2. The largest absolute Gasteiger partial charge is 0.448 e. The van der Waals surface area contributed by atoms with Crippen molar-refractivity contribution in [3.05, 3.63) is 83.1 Å². The van der Waals surface area contributed by atoms with Gasteiger partial charge < -0.3 is 14.8 Å². The van der Waals surface area contributed by atoms with Crippen molar-refractivity contribution < 1.29 is 32.6 Å². The molecule has 2 aliphatic rings. The van der Waals surface area contributed by atoms with Gasteiger partial charge in [0, 0.05) is 11.5 Å². The zero-order chi connectivity index (χ0) is 24.9. The quantitative estimate of drug-likeness (QED) is 0.308. The third kappa shape index (κ3) is 5.50. The second kappa shape index (κ2) is 11.2. The van der Waals surface area contributed by atoms with Crippen LogP contribution in [0.3, 0.4) is 0 Å². The Bertz CT molecular complexity index is 1080. The van der Waals surface area contributed by atoms with E-state index < -0.39 is 47.7 Å². The Hall–Kier alpha value is -2.95. The van der Waals surface area contributed by atoms with E-state index in [2.05, 4.69) is 5.32 Å². The van der Waals surface area contributed by atoms with Gasteiger partial charge in [0.2, 0.25) is 5.91 Å². The van der Waals surface area contributed by atoms with E-state index >= 15 is 0 Å². The predicted molar refractivity (Wildman–Crippen MR) is 126 cm³/mol. The monoisotopic (exact) mass is 522 g/mol. The lowest BCUT2D eigenvalue weighted by Crippen LogP contribution is -2.73. The zero-order valence-corrected chi connectivity index (χ0v) is 19.8. The van der Waals surface area contributed by atoms with E-state index in [1.807, 2.05) is 60.7 Å². The summed E-state index contributed by atoms with van der Waals surface area (Å²) in [5, 5.41) is 2.39. The molecule has 0 unspecified atom stereocenters. The van der Waals surface area contributed by atoms with Gasteiger partial charge in [-0.15, -0.1) is 11.6 Å². The predicted octanol–water partition coefficient (Wildman–Crippen LogP) is 3.45. The number of thioether (sulfide) groups is 1. The topological polar surface area (TPSA) is 84.9 Å². The minimum atomic E-state index is -2.71. The standard InChI is InChI=1S/C24H21ClF2N2O5S/c25-11-16-12-33-22-18(28-17(30)13-35-24(26)27)21(31)29(22)19(16)23(32)34-20(14-7-3-1-4-8-14)15-9-5-2-6-10-15/h1-10,18,20,22,24H,11-13H2,(H,28,30)/t18-,22+/m0/s1.